The molecular formula is C10H19N3O2. The summed E-state index contributed by atoms with van der Waals surface area (Å²) in [6.45, 7) is 3.00. The third-order valence-corrected chi connectivity index (χ3v) is 1.85. The number of carbonyl (C=O) groups excluding carboxylic acids is 1. The fourth-order valence-corrected chi connectivity index (χ4v) is 1.11. The second kappa shape index (κ2) is 9.44. The molecule has 1 atom stereocenters. The van der Waals surface area contributed by atoms with Gasteiger partial charge in [0, 0.05) is 13.1 Å². The standard InChI is InChI=1S/C10H19N3O2/c1-2-4-9(14)7-12-8-10(15)13-6-3-5-11/h9,12,14H,2-4,6-8H2,1H3,(H,13,15). The monoisotopic (exact) mass is 213 g/mol. The van der Waals surface area contributed by atoms with Crippen LogP contribution in [0.3, 0.4) is 0 Å². The first kappa shape index (κ1) is 13.9. The maximum absolute atomic E-state index is 11.1. The number of hydrogen-bond acceptors (Lipinski definition) is 4. The van der Waals surface area contributed by atoms with Gasteiger partial charge in [0.05, 0.1) is 25.1 Å². The molecule has 0 rings (SSSR count). The molecule has 0 aromatic rings. The summed E-state index contributed by atoms with van der Waals surface area (Å²) in [4.78, 5) is 11.1. The van der Waals surface area contributed by atoms with Crippen molar-refractivity contribution < 1.29 is 9.90 Å². The predicted octanol–water partition coefficient (Wildman–Crippen LogP) is -0.233. The van der Waals surface area contributed by atoms with Gasteiger partial charge in [0.15, 0.2) is 0 Å². The SMILES string of the molecule is CCCC(O)CNCC(=O)NCCC#N. The Balaban J connectivity index is 3.35. The predicted molar refractivity (Wildman–Crippen MR) is 57.0 cm³/mol. The van der Waals surface area contributed by atoms with Crippen molar-refractivity contribution in [3.8, 4) is 6.07 Å². The Bertz CT molecular complexity index is 213. The lowest BCUT2D eigenvalue weighted by Crippen LogP contribution is -2.37. The van der Waals surface area contributed by atoms with Crippen molar-refractivity contribution >= 4 is 5.91 Å². The minimum atomic E-state index is -0.387. The summed E-state index contributed by atoms with van der Waals surface area (Å²) in [6.07, 6.45) is 1.60. The van der Waals surface area contributed by atoms with Gasteiger partial charge in [-0.25, -0.2) is 0 Å². The second-order valence-corrected chi connectivity index (χ2v) is 3.33. The molecule has 0 heterocycles. The minimum Gasteiger partial charge on any atom is -0.392 e. The lowest BCUT2D eigenvalue weighted by molar-refractivity contribution is -0.120. The lowest BCUT2D eigenvalue weighted by atomic mass is 10.2. The number of rotatable bonds is 8. The van der Waals surface area contributed by atoms with Crippen LogP contribution < -0.4 is 10.6 Å². The molecule has 0 bridgehead atoms. The minimum absolute atomic E-state index is 0.144. The van der Waals surface area contributed by atoms with Gasteiger partial charge in [0.1, 0.15) is 0 Å². The lowest BCUT2D eigenvalue weighted by Gasteiger charge is -2.10. The summed E-state index contributed by atoms with van der Waals surface area (Å²) in [5, 5.41) is 23.0. The average Bonchev–Trinajstić information content (AvgIpc) is 2.18. The third kappa shape index (κ3) is 9.19. The molecule has 0 aromatic carbocycles. The molecule has 5 nitrogen and oxygen atoms in total. The number of amides is 1. The molecule has 1 amide bonds. The van der Waals surface area contributed by atoms with Crippen molar-refractivity contribution in [3.63, 3.8) is 0 Å². The van der Waals surface area contributed by atoms with Gasteiger partial charge in [-0.1, -0.05) is 13.3 Å². The largest absolute Gasteiger partial charge is 0.392 e. The topological polar surface area (TPSA) is 85.2 Å². The van der Waals surface area contributed by atoms with Crippen LogP contribution in [0.25, 0.3) is 0 Å². The molecule has 0 aromatic heterocycles. The van der Waals surface area contributed by atoms with Crippen molar-refractivity contribution in [2.24, 2.45) is 0 Å². The summed E-state index contributed by atoms with van der Waals surface area (Å²) in [7, 11) is 0. The Morgan fingerprint density at radius 1 is 1.60 bits per heavy atom. The molecule has 0 aliphatic rings. The molecule has 0 saturated heterocycles. The van der Waals surface area contributed by atoms with E-state index in [1.165, 1.54) is 0 Å². The zero-order chi connectivity index (χ0) is 11.5. The van der Waals surface area contributed by atoms with E-state index in [0.29, 0.717) is 19.5 Å². The fourth-order valence-electron chi connectivity index (χ4n) is 1.11. The molecular weight excluding hydrogens is 194 g/mol. The molecule has 0 saturated carbocycles. The number of aliphatic hydroxyl groups excluding tert-OH is 1. The summed E-state index contributed by atoms with van der Waals surface area (Å²) >= 11 is 0. The summed E-state index contributed by atoms with van der Waals surface area (Å²) in [5.41, 5.74) is 0. The van der Waals surface area contributed by atoms with E-state index in [1.54, 1.807) is 0 Å². The van der Waals surface area contributed by atoms with E-state index in [9.17, 15) is 9.90 Å². The first-order valence-corrected chi connectivity index (χ1v) is 5.23. The third-order valence-electron chi connectivity index (χ3n) is 1.85. The normalized spacial score (nSPS) is 11.8. The van der Waals surface area contributed by atoms with Gasteiger partial charge in [-0.05, 0) is 6.42 Å². The van der Waals surface area contributed by atoms with Crippen LogP contribution in [0.5, 0.6) is 0 Å². The van der Waals surface area contributed by atoms with Crippen molar-refractivity contribution in [1.82, 2.24) is 10.6 Å². The highest BCUT2D eigenvalue weighted by Gasteiger charge is 2.03. The van der Waals surface area contributed by atoms with E-state index in [2.05, 4.69) is 10.6 Å². The first-order chi connectivity index (χ1) is 7.20. The molecule has 0 aliphatic heterocycles. The quantitative estimate of drug-likeness (QED) is 0.486. The first-order valence-electron chi connectivity index (χ1n) is 5.23. The van der Waals surface area contributed by atoms with Crippen molar-refractivity contribution in [3.05, 3.63) is 0 Å². The molecule has 0 radical (unpaired) electrons. The van der Waals surface area contributed by atoms with E-state index < -0.39 is 0 Å². The molecule has 5 heteroatoms. The smallest absolute Gasteiger partial charge is 0.233 e. The molecule has 1 unspecified atom stereocenters. The van der Waals surface area contributed by atoms with Crippen LogP contribution in [0.2, 0.25) is 0 Å². The van der Waals surface area contributed by atoms with Crippen molar-refractivity contribution in [2.45, 2.75) is 32.3 Å². The summed E-state index contributed by atoms with van der Waals surface area (Å²) in [6, 6.07) is 1.94. The number of carbonyl (C=O) groups is 1. The van der Waals surface area contributed by atoms with Gasteiger partial charge in [0.2, 0.25) is 5.91 Å². The van der Waals surface area contributed by atoms with Crippen LogP contribution in [-0.2, 0) is 4.79 Å². The van der Waals surface area contributed by atoms with Gasteiger partial charge >= 0.3 is 0 Å². The van der Waals surface area contributed by atoms with Crippen LogP contribution in [-0.4, -0.2) is 36.8 Å². The maximum Gasteiger partial charge on any atom is 0.233 e. The van der Waals surface area contributed by atoms with Gasteiger partial charge in [-0.2, -0.15) is 5.26 Å². The Morgan fingerprint density at radius 3 is 2.93 bits per heavy atom. The van der Waals surface area contributed by atoms with E-state index >= 15 is 0 Å². The maximum atomic E-state index is 11.1. The van der Waals surface area contributed by atoms with Gasteiger partial charge in [-0.15, -0.1) is 0 Å². The molecule has 3 N–H and O–H groups in total. The van der Waals surface area contributed by atoms with Crippen molar-refractivity contribution in [1.29, 1.82) is 5.26 Å². The van der Waals surface area contributed by atoms with Crippen LogP contribution in [0, 0.1) is 11.3 Å². The Labute approximate surface area is 90.5 Å². The molecule has 0 fully saturated rings. The summed E-state index contributed by atoms with van der Waals surface area (Å²) < 4.78 is 0. The Hall–Kier alpha value is -1.12. The zero-order valence-electron chi connectivity index (χ0n) is 9.12. The highest BCUT2D eigenvalue weighted by atomic mass is 16.3. The zero-order valence-corrected chi connectivity index (χ0v) is 9.12. The van der Waals surface area contributed by atoms with Crippen LogP contribution in [0.1, 0.15) is 26.2 Å². The van der Waals surface area contributed by atoms with Crippen molar-refractivity contribution in [2.75, 3.05) is 19.6 Å². The molecule has 0 spiro atoms. The van der Waals surface area contributed by atoms with E-state index in [4.69, 9.17) is 5.26 Å². The number of nitriles is 1. The highest BCUT2D eigenvalue weighted by Crippen LogP contribution is 1.93. The average molecular weight is 213 g/mol. The van der Waals surface area contributed by atoms with E-state index in [-0.39, 0.29) is 18.6 Å². The Morgan fingerprint density at radius 2 is 2.33 bits per heavy atom. The molecule has 15 heavy (non-hydrogen) atoms. The number of hydrogen-bond donors (Lipinski definition) is 3. The van der Waals surface area contributed by atoms with Crippen LogP contribution in [0.15, 0.2) is 0 Å². The van der Waals surface area contributed by atoms with Gasteiger partial charge in [0.25, 0.3) is 0 Å². The summed E-state index contributed by atoms with van der Waals surface area (Å²) in [5.74, 6) is -0.144. The second-order valence-electron chi connectivity index (χ2n) is 3.33. The highest BCUT2D eigenvalue weighted by molar-refractivity contribution is 5.77. The van der Waals surface area contributed by atoms with E-state index in [1.807, 2.05) is 13.0 Å². The molecule has 86 valence electrons. The fraction of sp³-hybridized carbons (Fsp3) is 0.800. The van der Waals surface area contributed by atoms with Gasteiger partial charge in [-0.3, -0.25) is 4.79 Å². The van der Waals surface area contributed by atoms with Crippen LogP contribution >= 0.6 is 0 Å². The number of nitrogens with one attached hydrogen (secondary N) is 2. The number of nitrogens with zero attached hydrogens (tertiary/aromatic N) is 1. The van der Waals surface area contributed by atoms with Gasteiger partial charge < -0.3 is 15.7 Å². The Kier molecular flexibility index (Phi) is 8.73. The van der Waals surface area contributed by atoms with E-state index in [0.717, 1.165) is 12.8 Å². The van der Waals surface area contributed by atoms with Crippen LogP contribution in [0.4, 0.5) is 0 Å². The molecule has 0 aliphatic carbocycles. The number of aliphatic hydroxyl groups is 1.